The Bertz CT molecular complexity index is 601. The quantitative estimate of drug-likeness (QED) is 0.664. The summed E-state index contributed by atoms with van der Waals surface area (Å²) >= 11 is 0. The summed E-state index contributed by atoms with van der Waals surface area (Å²) < 4.78 is 0. The number of aryl methyl sites for hydroxylation is 3. The lowest BCUT2D eigenvalue weighted by Crippen LogP contribution is -2.32. The van der Waals surface area contributed by atoms with Crippen LogP contribution in [0.3, 0.4) is 0 Å². The topological polar surface area (TPSA) is 50.9 Å². The molecule has 1 heterocycles. The van der Waals surface area contributed by atoms with Gasteiger partial charge in [-0.3, -0.25) is 16.3 Å². The number of hydrazine groups is 1. The molecule has 0 spiro atoms. The Morgan fingerprint density at radius 1 is 1.25 bits per heavy atom. The first-order valence-corrected chi connectivity index (χ1v) is 7.17. The molecule has 0 bridgehead atoms. The molecule has 104 valence electrons. The molecule has 0 radical (unpaired) electrons. The fraction of sp³-hybridized carbons (Fsp3) is 0.353. The maximum absolute atomic E-state index is 5.86. The van der Waals surface area contributed by atoms with Gasteiger partial charge in [0.05, 0.1) is 6.04 Å². The summed E-state index contributed by atoms with van der Waals surface area (Å²) in [6.45, 7) is 4.26. The van der Waals surface area contributed by atoms with Gasteiger partial charge in [-0.15, -0.1) is 0 Å². The molecule has 1 aliphatic carbocycles. The maximum atomic E-state index is 5.86. The van der Waals surface area contributed by atoms with Crippen molar-refractivity contribution in [1.82, 2.24) is 10.4 Å². The molecule has 3 N–H and O–H groups in total. The van der Waals surface area contributed by atoms with Crippen LogP contribution in [-0.4, -0.2) is 4.98 Å². The molecule has 3 rings (SSSR count). The third kappa shape index (κ3) is 2.35. The summed E-state index contributed by atoms with van der Waals surface area (Å²) in [7, 11) is 0. The lowest BCUT2D eigenvalue weighted by Gasteiger charge is -2.24. The molecule has 0 fully saturated rings. The van der Waals surface area contributed by atoms with E-state index in [0.717, 1.165) is 12.8 Å². The van der Waals surface area contributed by atoms with Crippen molar-refractivity contribution in [3.05, 3.63) is 64.5 Å². The molecule has 3 nitrogen and oxygen atoms in total. The molecule has 2 atom stereocenters. The van der Waals surface area contributed by atoms with E-state index in [-0.39, 0.29) is 6.04 Å². The first kappa shape index (κ1) is 13.3. The van der Waals surface area contributed by atoms with Crippen LogP contribution in [0.1, 0.15) is 46.3 Å². The van der Waals surface area contributed by atoms with Crippen molar-refractivity contribution in [1.29, 1.82) is 0 Å². The number of nitrogens with zero attached hydrogens (tertiary/aromatic N) is 1. The summed E-state index contributed by atoms with van der Waals surface area (Å²) in [5.74, 6) is 6.22. The Labute approximate surface area is 120 Å². The third-order valence-electron chi connectivity index (χ3n) is 4.19. The van der Waals surface area contributed by atoms with Crippen molar-refractivity contribution in [2.24, 2.45) is 5.84 Å². The van der Waals surface area contributed by atoms with Crippen molar-refractivity contribution in [2.75, 3.05) is 0 Å². The lowest BCUT2D eigenvalue weighted by atomic mass is 9.89. The summed E-state index contributed by atoms with van der Waals surface area (Å²) in [5.41, 5.74) is 9.39. The second kappa shape index (κ2) is 5.35. The van der Waals surface area contributed by atoms with E-state index in [9.17, 15) is 0 Å². The number of nitrogens with two attached hydrogens (primary N) is 1. The summed E-state index contributed by atoms with van der Waals surface area (Å²) in [5, 5.41) is 0. The van der Waals surface area contributed by atoms with Crippen LogP contribution in [0.15, 0.2) is 36.5 Å². The van der Waals surface area contributed by atoms with Gasteiger partial charge in [-0.1, -0.05) is 35.4 Å². The van der Waals surface area contributed by atoms with E-state index in [1.54, 1.807) is 0 Å². The average Bonchev–Trinajstić information content (AvgIpc) is 2.83. The lowest BCUT2D eigenvalue weighted by molar-refractivity contribution is 0.446. The second-order valence-corrected chi connectivity index (χ2v) is 5.76. The van der Waals surface area contributed by atoms with Gasteiger partial charge in [0, 0.05) is 17.8 Å². The van der Waals surface area contributed by atoms with Crippen LogP contribution >= 0.6 is 0 Å². The van der Waals surface area contributed by atoms with Gasteiger partial charge >= 0.3 is 0 Å². The van der Waals surface area contributed by atoms with Gasteiger partial charge in [-0.05, 0) is 43.9 Å². The van der Waals surface area contributed by atoms with Gasteiger partial charge in [0.1, 0.15) is 0 Å². The number of pyridine rings is 1. The molecule has 3 heteroatoms. The summed E-state index contributed by atoms with van der Waals surface area (Å²) in [6.07, 6.45) is 4.08. The Morgan fingerprint density at radius 3 is 2.70 bits per heavy atom. The van der Waals surface area contributed by atoms with Crippen molar-refractivity contribution in [3.63, 3.8) is 0 Å². The summed E-state index contributed by atoms with van der Waals surface area (Å²) in [6, 6.07) is 11.0. The predicted molar refractivity (Wildman–Crippen MR) is 81.3 cm³/mol. The van der Waals surface area contributed by atoms with Crippen LogP contribution in [0, 0.1) is 13.8 Å². The molecule has 1 aromatic carbocycles. The van der Waals surface area contributed by atoms with E-state index in [2.05, 4.69) is 48.5 Å². The number of hydrogen-bond donors (Lipinski definition) is 2. The highest BCUT2D eigenvalue weighted by atomic mass is 15.2. The van der Waals surface area contributed by atoms with Crippen LogP contribution in [0.2, 0.25) is 0 Å². The molecule has 20 heavy (non-hydrogen) atoms. The van der Waals surface area contributed by atoms with Gasteiger partial charge in [0.15, 0.2) is 0 Å². The Morgan fingerprint density at radius 2 is 2.00 bits per heavy atom. The van der Waals surface area contributed by atoms with Crippen LogP contribution in [-0.2, 0) is 6.42 Å². The first-order valence-electron chi connectivity index (χ1n) is 7.17. The van der Waals surface area contributed by atoms with E-state index in [4.69, 9.17) is 5.84 Å². The SMILES string of the molecule is Cc1cc(C)cc(C(NN)C2CCc3cccnc32)c1. The maximum Gasteiger partial charge on any atom is 0.0544 e. The molecule has 0 saturated carbocycles. The highest BCUT2D eigenvalue weighted by Gasteiger charge is 2.31. The average molecular weight is 267 g/mol. The van der Waals surface area contributed by atoms with Crippen LogP contribution in [0.25, 0.3) is 0 Å². The van der Waals surface area contributed by atoms with Crippen molar-refractivity contribution < 1.29 is 0 Å². The standard InChI is InChI=1S/C17H21N3/c1-11-8-12(2)10-14(9-11)17(20-18)15-6-5-13-4-3-7-19-16(13)15/h3-4,7-10,15,17,20H,5-6,18H2,1-2H3. The molecular weight excluding hydrogens is 246 g/mol. The largest absolute Gasteiger partial charge is 0.271 e. The fourth-order valence-corrected chi connectivity index (χ4v) is 3.40. The van der Waals surface area contributed by atoms with Crippen LogP contribution in [0.5, 0.6) is 0 Å². The van der Waals surface area contributed by atoms with Crippen LogP contribution < -0.4 is 11.3 Å². The van der Waals surface area contributed by atoms with Gasteiger partial charge in [0.25, 0.3) is 0 Å². The fourth-order valence-electron chi connectivity index (χ4n) is 3.40. The first-order chi connectivity index (χ1) is 9.69. The number of rotatable bonds is 3. The molecule has 1 aromatic heterocycles. The normalized spacial score (nSPS) is 18.9. The van der Waals surface area contributed by atoms with Crippen molar-refractivity contribution in [2.45, 2.75) is 38.6 Å². The number of aromatic nitrogens is 1. The minimum atomic E-state index is 0.129. The molecule has 1 aliphatic rings. The minimum Gasteiger partial charge on any atom is -0.271 e. The second-order valence-electron chi connectivity index (χ2n) is 5.76. The number of nitrogens with one attached hydrogen (secondary N) is 1. The van der Waals surface area contributed by atoms with Crippen LogP contribution in [0.4, 0.5) is 0 Å². The molecule has 2 unspecified atom stereocenters. The molecule has 0 aliphatic heterocycles. The molecule has 2 aromatic rings. The zero-order valence-electron chi connectivity index (χ0n) is 12.1. The smallest absolute Gasteiger partial charge is 0.0544 e. The zero-order valence-corrected chi connectivity index (χ0v) is 12.1. The van der Waals surface area contributed by atoms with E-state index in [0.29, 0.717) is 5.92 Å². The van der Waals surface area contributed by atoms with Gasteiger partial charge < -0.3 is 0 Å². The number of hydrogen-bond acceptors (Lipinski definition) is 3. The highest BCUT2D eigenvalue weighted by molar-refractivity contribution is 5.36. The van der Waals surface area contributed by atoms with E-state index >= 15 is 0 Å². The highest BCUT2D eigenvalue weighted by Crippen LogP contribution is 2.40. The van der Waals surface area contributed by atoms with E-state index < -0.39 is 0 Å². The van der Waals surface area contributed by atoms with Gasteiger partial charge in [0.2, 0.25) is 0 Å². The zero-order chi connectivity index (χ0) is 14.1. The predicted octanol–water partition coefficient (Wildman–Crippen LogP) is 2.93. The Balaban J connectivity index is 1.99. The summed E-state index contributed by atoms with van der Waals surface area (Å²) in [4.78, 5) is 4.58. The molecule has 0 amide bonds. The Kier molecular flexibility index (Phi) is 3.55. The van der Waals surface area contributed by atoms with Crippen molar-refractivity contribution >= 4 is 0 Å². The third-order valence-corrected chi connectivity index (χ3v) is 4.19. The van der Waals surface area contributed by atoms with Crippen molar-refractivity contribution in [3.8, 4) is 0 Å². The monoisotopic (exact) mass is 267 g/mol. The van der Waals surface area contributed by atoms with E-state index in [1.807, 2.05) is 12.3 Å². The number of fused-ring (bicyclic) bond motifs is 1. The minimum absolute atomic E-state index is 0.129. The Hall–Kier alpha value is -1.71. The molecular formula is C17H21N3. The van der Waals surface area contributed by atoms with E-state index in [1.165, 1.54) is 27.9 Å². The molecule has 0 saturated heterocycles. The van der Waals surface area contributed by atoms with Gasteiger partial charge in [-0.25, -0.2) is 0 Å². The van der Waals surface area contributed by atoms with Gasteiger partial charge in [-0.2, -0.15) is 0 Å². The number of benzene rings is 1.